The summed E-state index contributed by atoms with van der Waals surface area (Å²) >= 11 is 0. The normalized spacial score (nSPS) is 13.5. The van der Waals surface area contributed by atoms with Crippen LogP contribution in [0.15, 0.2) is 42.5 Å². The number of aromatic nitrogens is 2. The fraction of sp³-hybridized carbons (Fsp3) is 0.333. The van der Waals surface area contributed by atoms with Crippen LogP contribution < -0.4 is 15.0 Å². The highest BCUT2D eigenvalue weighted by Crippen LogP contribution is 2.27. The summed E-state index contributed by atoms with van der Waals surface area (Å²) in [7, 11) is 1.68. The van der Waals surface area contributed by atoms with Crippen LogP contribution in [0.25, 0.3) is 11.0 Å². The minimum absolute atomic E-state index is 0.0477. The van der Waals surface area contributed by atoms with Crippen molar-refractivity contribution >= 4 is 28.3 Å². The summed E-state index contributed by atoms with van der Waals surface area (Å²) in [4.78, 5) is 19.0. The van der Waals surface area contributed by atoms with Crippen LogP contribution in [-0.4, -0.2) is 29.1 Å². The van der Waals surface area contributed by atoms with Crippen molar-refractivity contribution in [1.82, 2.24) is 9.55 Å². The molecule has 0 saturated heterocycles. The van der Waals surface area contributed by atoms with Crippen LogP contribution in [0.1, 0.15) is 25.6 Å². The number of nitrogens with zero attached hydrogens (tertiary/aromatic N) is 3. The molecule has 4 rings (SSSR count). The van der Waals surface area contributed by atoms with Crippen LogP contribution in [-0.2, 0) is 17.9 Å². The number of nitrogens with one attached hydrogen (secondary N) is 1. The summed E-state index contributed by atoms with van der Waals surface area (Å²) in [5, 5.41) is 2.95. The molecule has 1 aliphatic rings. The molecule has 2 heterocycles. The van der Waals surface area contributed by atoms with E-state index in [2.05, 4.69) is 33.0 Å². The molecule has 3 aromatic rings. The molecule has 1 N–H and O–H groups in total. The van der Waals surface area contributed by atoms with Gasteiger partial charge in [-0.2, -0.15) is 0 Å². The summed E-state index contributed by atoms with van der Waals surface area (Å²) in [6.45, 7) is 4.58. The number of hydrogen-bond donors (Lipinski definition) is 1. The number of benzene rings is 2. The Morgan fingerprint density at radius 1 is 1.19 bits per heavy atom. The van der Waals surface area contributed by atoms with E-state index in [0.717, 1.165) is 54.3 Å². The Labute approximate surface area is 158 Å². The Balaban J connectivity index is 1.57. The lowest BCUT2D eigenvalue weighted by atomic mass is 10.2. The highest BCUT2D eigenvalue weighted by molar-refractivity contribution is 5.93. The summed E-state index contributed by atoms with van der Waals surface area (Å²) in [6, 6.07) is 14.1. The number of hydrogen-bond acceptors (Lipinski definition) is 4. The smallest absolute Gasteiger partial charge is 0.224 e. The third-order valence-electron chi connectivity index (χ3n) is 4.95. The Kier molecular flexibility index (Phi) is 4.71. The zero-order valence-electron chi connectivity index (χ0n) is 15.7. The average Bonchev–Trinajstić information content (AvgIpc) is 3.05. The second-order valence-electron chi connectivity index (χ2n) is 6.80. The van der Waals surface area contributed by atoms with Crippen LogP contribution >= 0.6 is 0 Å². The number of rotatable bonds is 5. The summed E-state index contributed by atoms with van der Waals surface area (Å²) < 4.78 is 7.51. The van der Waals surface area contributed by atoms with Crippen molar-refractivity contribution in [2.45, 2.75) is 32.9 Å². The molecule has 0 saturated carbocycles. The Morgan fingerprint density at radius 3 is 2.74 bits per heavy atom. The molecule has 27 heavy (non-hydrogen) atoms. The molecule has 0 radical (unpaired) electrons. The predicted octanol–water partition coefficient (Wildman–Crippen LogP) is 3.80. The van der Waals surface area contributed by atoms with Gasteiger partial charge in [-0.15, -0.1) is 0 Å². The van der Waals surface area contributed by atoms with Gasteiger partial charge in [0.25, 0.3) is 0 Å². The van der Waals surface area contributed by atoms with Crippen molar-refractivity contribution in [2.75, 3.05) is 23.9 Å². The lowest BCUT2D eigenvalue weighted by Crippen LogP contribution is -2.33. The van der Waals surface area contributed by atoms with Gasteiger partial charge in [0, 0.05) is 30.9 Å². The minimum atomic E-state index is 0.0477. The second-order valence-corrected chi connectivity index (χ2v) is 6.80. The third kappa shape index (κ3) is 3.47. The van der Waals surface area contributed by atoms with E-state index in [4.69, 9.17) is 9.72 Å². The van der Waals surface area contributed by atoms with E-state index >= 15 is 0 Å². The van der Waals surface area contributed by atoms with Crippen molar-refractivity contribution in [1.29, 1.82) is 0 Å². The number of methoxy groups -OCH3 is 1. The molecular weight excluding hydrogens is 340 g/mol. The van der Waals surface area contributed by atoms with Gasteiger partial charge in [-0.25, -0.2) is 4.98 Å². The molecule has 1 aliphatic heterocycles. The Bertz CT molecular complexity index is 962. The summed E-state index contributed by atoms with van der Waals surface area (Å²) in [6.07, 6.45) is 1.38. The number of anilines is 2. The molecule has 2 aromatic carbocycles. The number of ether oxygens (including phenoxy) is 1. The lowest BCUT2D eigenvalue weighted by molar-refractivity contribution is -0.116. The Hall–Kier alpha value is -3.02. The van der Waals surface area contributed by atoms with Crippen molar-refractivity contribution < 1.29 is 9.53 Å². The van der Waals surface area contributed by atoms with Crippen molar-refractivity contribution in [3.63, 3.8) is 0 Å². The highest BCUT2D eigenvalue weighted by atomic mass is 16.5. The number of amides is 1. The van der Waals surface area contributed by atoms with Gasteiger partial charge in [0.15, 0.2) is 0 Å². The monoisotopic (exact) mass is 364 g/mol. The predicted molar refractivity (Wildman–Crippen MR) is 107 cm³/mol. The van der Waals surface area contributed by atoms with E-state index in [1.165, 1.54) is 5.69 Å². The van der Waals surface area contributed by atoms with Crippen molar-refractivity contribution in [3.8, 4) is 5.75 Å². The summed E-state index contributed by atoms with van der Waals surface area (Å²) in [5.41, 5.74) is 4.02. The van der Waals surface area contributed by atoms with E-state index in [1.54, 1.807) is 7.11 Å². The zero-order valence-corrected chi connectivity index (χ0v) is 15.7. The zero-order chi connectivity index (χ0) is 18.8. The van der Waals surface area contributed by atoms with Crippen LogP contribution in [0.5, 0.6) is 5.75 Å². The van der Waals surface area contributed by atoms with Crippen LogP contribution in [0.4, 0.5) is 11.4 Å². The van der Waals surface area contributed by atoms with Crippen LogP contribution in [0.2, 0.25) is 0 Å². The van der Waals surface area contributed by atoms with Gasteiger partial charge in [0.1, 0.15) is 11.6 Å². The number of carbonyl (C=O) groups excluding carboxylic acids is 1. The first-order valence-corrected chi connectivity index (χ1v) is 9.36. The average molecular weight is 364 g/mol. The molecule has 1 aromatic heterocycles. The first-order chi connectivity index (χ1) is 13.2. The molecule has 6 heteroatoms. The topological polar surface area (TPSA) is 59.4 Å². The number of fused-ring (bicyclic) bond motifs is 3. The summed E-state index contributed by atoms with van der Waals surface area (Å²) in [5.74, 6) is 1.95. The van der Waals surface area contributed by atoms with E-state index in [1.807, 2.05) is 31.2 Å². The quantitative estimate of drug-likeness (QED) is 0.748. The fourth-order valence-electron chi connectivity index (χ4n) is 3.56. The lowest BCUT2D eigenvalue weighted by Gasteiger charge is -2.30. The molecular formula is C21H24N4O2. The van der Waals surface area contributed by atoms with Gasteiger partial charge >= 0.3 is 0 Å². The standard InChI is InChI=1S/C21H24N4O2/c1-3-4-21(26)22-15-5-10-19-18(13-15)23-20-14-24(11-12-25(19)20)16-6-8-17(27-2)9-7-16/h5-10,13H,3-4,11-12,14H2,1-2H3,(H,22,26). The molecule has 0 unspecified atom stereocenters. The van der Waals surface area contributed by atoms with Gasteiger partial charge in [0.05, 0.1) is 24.7 Å². The molecule has 0 aliphatic carbocycles. The number of carbonyl (C=O) groups is 1. The maximum absolute atomic E-state index is 11.8. The third-order valence-corrected chi connectivity index (χ3v) is 4.95. The molecule has 0 bridgehead atoms. The first kappa shape index (κ1) is 17.4. The van der Waals surface area contributed by atoms with Gasteiger partial charge < -0.3 is 19.5 Å². The maximum atomic E-state index is 11.8. The molecule has 0 spiro atoms. The van der Waals surface area contributed by atoms with E-state index < -0.39 is 0 Å². The van der Waals surface area contributed by atoms with Crippen molar-refractivity contribution in [2.24, 2.45) is 0 Å². The second kappa shape index (κ2) is 7.31. The van der Waals surface area contributed by atoms with Gasteiger partial charge in [-0.05, 0) is 48.9 Å². The largest absolute Gasteiger partial charge is 0.497 e. The molecule has 1 amide bonds. The van der Waals surface area contributed by atoms with E-state index in [9.17, 15) is 4.79 Å². The number of imidazole rings is 1. The van der Waals surface area contributed by atoms with E-state index in [0.29, 0.717) is 6.42 Å². The molecule has 0 atom stereocenters. The molecule has 140 valence electrons. The van der Waals surface area contributed by atoms with Gasteiger partial charge in [-0.3, -0.25) is 4.79 Å². The van der Waals surface area contributed by atoms with Crippen molar-refractivity contribution in [3.05, 3.63) is 48.3 Å². The first-order valence-electron chi connectivity index (χ1n) is 9.36. The maximum Gasteiger partial charge on any atom is 0.224 e. The SMILES string of the molecule is CCCC(=O)Nc1ccc2c(c1)nc1n2CCN(c2ccc(OC)cc2)C1. The van der Waals surface area contributed by atoms with E-state index in [-0.39, 0.29) is 5.91 Å². The molecule has 0 fully saturated rings. The van der Waals surface area contributed by atoms with Crippen LogP contribution in [0.3, 0.4) is 0 Å². The molecule has 6 nitrogen and oxygen atoms in total. The minimum Gasteiger partial charge on any atom is -0.497 e. The highest BCUT2D eigenvalue weighted by Gasteiger charge is 2.20. The van der Waals surface area contributed by atoms with Gasteiger partial charge in [0.2, 0.25) is 5.91 Å². The van der Waals surface area contributed by atoms with Gasteiger partial charge in [-0.1, -0.05) is 6.92 Å². The van der Waals surface area contributed by atoms with Crippen LogP contribution in [0, 0.1) is 0 Å². The Morgan fingerprint density at radius 2 is 2.00 bits per heavy atom. The fourth-order valence-corrected chi connectivity index (χ4v) is 3.56.